The number of nitrogens with one attached hydrogen (secondary N) is 2. The Balaban J connectivity index is 1.99. The summed E-state index contributed by atoms with van der Waals surface area (Å²) in [5, 5.41) is 15.5. The molecular weight excluding hydrogens is 307 g/mol. The van der Waals surface area contributed by atoms with E-state index in [2.05, 4.69) is 15.6 Å². The standard InChI is InChI=1S/C16H22F3N3O/c1-2-20-14(22-10-15(11-23)6-7-15)21-9-12-4-3-5-13(8-12)16(17,18)19/h3-5,8,23H,2,6-7,9-11H2,1H3,(H2,20,21,22). The van der Waals surface area contributed by atoms with Crippen LogP contribution in [0.4, 0.5) is 13.2 Å². The van der Waals surface area contributed by atoms with E-state index in [1.807, 2.05) is 6.92 Å². The number of benzene rings is 1. The minimum atomic E-state index is -4.35. The second kappa shape index (κ2) is 7.21. The molecule has 1 fully saturated rings. The Bertz CT molecular complexity index is 554. The fourth-order valence-corrected chi connectivity index (χ4v) is 2.20. The molecule has 0 heterocycles. The molecule has 23 heavy (non-hydrogen) atoms. The Kier molecular flexibility index (Phi) is 5.51. The van der Waals surface area contributed by atoms with E-state index in [-0.39, 0.29) is 18.6 Å². The van der Waals surface area contributed by atoms with Crippen molar-refractivity contribution >= 4 is 5.96 Å². The number of aliphatic imine (C=N–C) groups is 1. The highest BCUT2D eigenvalue weighted by Gasteiger charge is 2.41. The van der Waals surface area contributed by atoms with Crippen molar-refractivity contribution in [3.8, 4) is 0 Å². The van der Waals surface area contributed by atoms with Crippen LogP contribution in [0.15, 0.2) is 29.3 Å². The first-order chi connectivity index (χ1) is 10.9. The van der Waals surface area contributed by atoms with Gasteiger partial charge in [-0.3, -0.25) is 0 Å². The molecule has 128 valence electrons. The van der Waals surface area contributed by atoms with E-state index in [4.69, 9.17) is 0 Å². The Labute approximate surface area is 133 Å². The van der Waals surface area contributed by atoms with Crippen LogP contribution in [0.5, 0.6) is 0 Å². The Morgan fingerprint density at radius 2 is 2.04 bits per heavy atom. The molecule has 0 bridgehead atoms. The molecule has 0 aromatic heterocycles. The topological polar surface area (TPSA) is 56.7 Å². The summed E-state index contributed by atoms with van der Waals surface area (Å²) in [5.74, 6) is 0.546. The molecule has 0 saturated heterocycles. The van der Waals surface area contributed by atoms with Crippen LogP contribution in [-0.2, 0) is 12.7 Å². The van der Waals surface area contributed by atoms with Crippen LogP contribution >= 0.6 is 0 Å². The maximum Gasteiger partial charge on any atom is 0.416 e. The zero-order chi connectivity index (χ0) is 16.9. The summed E-state index contributed by atoms with van der Waals surface area (Å²) in [6.07, 6.45) is -2.39. The molecule has 0 atom stereocenters. The largest absolute Gasteiger partial charge is 0.416 e. The Hall–Kier alpha value is -1.76. The minimum Gasteiger partial charge on any atom is -0.396 e. The highest BCUT2D eigenvalue weighted by molar-refractivity contribution is 5.79. The lowest BCUT2D eigenvalue weighted by Gasteiger charge is -2.16. The van der Waals surface area contributed by atoms with Gasteiger partial charge in [0, 0.05) is 18.5 Å². The van der Waals surface area contributed by atoms with Crippen LogP contribution < -0.4 is 10.6 Å². The summed E-state index contributed by atoms with van der Waals surface area (Å²) in [5.41, 5.74) is -0.229. The third-order valence-electron chi connectivity index (χ3n) is 3.94. The van der Waals surface area contributed by atoms with Gasteiger partial charge >= 0.3 is 6.18 Å². The van der Waals surface area contributed by atoms with Crippen LogP contribution in [-0.4, -0.2) is 30.8 Å². The van der Waals surface area contributed by atoms with E-state index in [9.17, 15) is 18.3 Å². The summed E-state index contributed by atoms with van der Waals surface area (Å²) < 4.78 is 38.1. The van der Waals surface area contributed by atoms with Gasteiger partial charge in [0.25, 0.3) is 0 Å². The number of aliphatic hydroxyl groups excluding tert-OH is 1. The van der Waals surface area contributed by atoms with E-state index < -0.39 is 11.7 Å². The van der Waals surface area contributed by atoms with Gasteiger partial charge in [-0.2, -0.15) is 13.2 Å². The predicted octanol–water partition coefficient (Wildman–Crippen LogP) is 2.53. The molecule has 7 heteroatoms. The van der Waals surface area contributed by atoms with Crippen molar-refractivity contribution in [2.75, 3.05) is 19.7 Å². The molecule has 4 nitrogen and oxygen atoms in total. The maximum atomic E-state index is 12.7. The van der Waals surface area contributed by atoms with Crippen molar-refractivity contribution < 1.29 is 18.3 Å². The minimum absolute atomic E-state index is 0.0631. The number of hydrogen-bond acceptors (Lipinski definition) is 2. The third-order valence-corrected chi connectivity index (χ3v) is 3.94. The lowest BCUT2D eigenvalue weighted by Crippen LogP contribution is -2.41. The monoisotopic (exact) mass is 329 g/mol. The predicted molar refractivity (Wildman–Crippen MR) is 83.0 cm³/mol. The van der Waals surface area contributed by atoms with Crippen molar-refractivity contribution in [2.24, 2.45) is 10.4 Å². The zero-order valence-corrected chi connectivity index (χ0v) is 13.1. The number of rotatable bonds is 6. The Morgan fingerprint density at radius 1 is 1.30 bits per heavy atom. The summed E-state index contributed by atoms with van der Waals surface area (Å²) >= 11 is 0. The first-order valence-electron chi connectivity index (χ1n) is 7.68. The number of halogens is 3. The summed E-state index contributed by atoms with van der Waals surface area (Å²) in [7, 11) is 0. The van der Waals surface area contributed by atoms with Gasteiger partial charge in [0.2, 0.25) is 0 Å². The van der Waals surface area contributed by atoms with E-state index in [1.165, 1.54) is 6.07 Å². The lowest BCUT2D eigenvalue weighted by atomic mass is 10.1. The number of nitrogens with zero attached hydrogens (tertiary/aromatic N) is 1. The molecule has 1 saturated carbocycles. The molecular formula is C16H22F3N3O. The number of alkyl halides is 3. The van der Waals surface area contributed by atoms with Gasteiger partial charge in [-0.1, -0.05) is 12.1 Å². The lowest BCUT2D eigenvalue weighted by molar-refractivity contribution is -0.137. The molecule has 0 radical (unpaired) electrons. The first kappa shape index (κ1) is 17.6. The van der Waals surface area contributed by atoms with Crippen molar-refractivity contribution in [1.29, 1.82) is 0 Å². The van der Waals surface area contributed by atoms with Crippen molar-refractivity contribution in [3.05, 3.63) is 35.4 Å². The second-order valence-corrected chi connectivity index (χ2v) is 5.90. The molecule has 0 aliphatic heterocycles. The molecule has 0 spiro atoms. The van der Waals surface area contributed by atoms with Crippen LogP contribution in [0.2, 0.25) is 0 Å². The molecule has 1 aromatic rings. The van der Waals surface area contributed by atoms with Gasteiger partial charge in [0.15, 0.2) is 5.96 Å². The number of hydrogen-bond donors (Lipinski definition) is 3. The van der Waals surface area contributed by atoms with Gasteiger partial charge in [-0.15, -0.1) is 0 Å². The molecule has 0 amide bonds. The zero-order valence-electron chi connectivity index (χ0n) is 13.1. The van der Waals surface area contributed by atoms with Crippen LogP contribution in [0.1, 0.15) is 30.9 Å². The van der Waals surface area contributed by atoms with Crippen LogP contribution in [0, 0.1) is 5.41 Å². The van der Waals surface area contributed by atoms with E-state index in [1.54, 1.807) is 6.07 Å². The first-order valence-corrected chi connectivity index (χ1v) is 7.68. The molecule has 3 N–H and O–H groups in total. The summed E-state index contributed by atoms with van der Waals surface area (Å²) in [6, 6.07) is 5.18. The molecule has 1 aromatic carbocycles. The molecule has 0 unspecified atom stereocenters. The maximum absolute atomic E-state index is 12.7. The average molecular weight is 329 g/mol. The molecule has 1 aliphatic carbocycles. The van der Waals surface area contributed by atoms with Gasteiger partial charge in [0.05, 0.1) is 18.7 Å². The van der Waals surface area contributed by atoms with Crippen molar-refractivity contribution in [1.82, 2.24) is 10.6 Å². The second-order valence-electron chi connectivity index (χ2n) is 5.90. The van der Waals surface area contributed by atoms with Crippen LogP contribution in [0.3, 0.4) is 0 Å². The molecule has 1 aliphatic rings. The average Bonchev–Trinajstić information content (AvgIpc) is 3.30. The summed E-state index contributed by atoms with van der Waals surface area (Å²) in [6.45, 7) is 3.47. The molecule has 2 rings (SSSR count). The quantitative estimate of drug-likeness (QED) is 0.555. The third kappa shape index (κ3) is 5.13. The van der Waals surface area contributed by atoms with E-state index in [0.717, 1.165) is 25.0 Å². The Morgan fingerprint density at radius 3 is 2.61 bits per heavy atom. The fraction of sp³-hybridized carbons (Fsp3) is 0.562. The van der Waals surface area contributed by atoms with Crippen molar-refractivity contribution in [3.63, 3.8) is 0 Å². The SMILES string of the molecule is CCNC(=NCc1cccc(C(F)(F)F)c1)NCC1(CO)CC1. The number of guanidine groups is 1. The van der Waals surface area contributed by atoms with E-state index >= 15 is 0 Å². The smallest absolute Gasteiger partial charge is 0.396 e. The van der Waals surface area contributed by atoms with Gasteiger partial charge in [0.1, 0.15) is 0 Å². The van der Waals surface area contributed by atoms with Gasteiger partial charge in [-0.25, -0.2) is 4.99 Å². The summed E-state index contributed by atoms with van der Waals surface area (Å²) in [4.78, 5) is 4.32. The van der Waals surface area contributed by atoms with Crippen molar-refractivity contribution in [2.45, 2.75) is 32.5 Å². The van der Waals surface area contributed by atoms with Gasteiger partial charge < -0.3 is 15.7 Å². The highest BCUT2D eigenvalue weighted by Crippen LogP contribution is 2.44. The van der Waals surface area contributed by atoms with E-state index in [0.29, 0.717) is 24.6 Å². The normalized spacial score (nSPS) is 17.0. The van der Waals surface area contributed by atoms with Gasteiger partial charge in [-0.05, 0) is 37.5 Å². The highest BCUT2D eigenvalue weighted by atomic mass is 19.4. The van der Waals surface area contributed by atoms with Crippen LogP contribution in [0.25, 0.3) is 0 Å². The fourth-order valence-electron chi connectivity index (χ4n) is 2.20. The number of aliphatic hydroxyl groups is 1.